The van der Waals surface area contributed by atoms with Crippen LogP contribution in [-0.4, -0.2) is 29.3 Å². The van der Waals surface area contributed by atoms with E-state index in [9.17, 15) is 14.4 Å². The van der Waals surface area contributed by atoms with Crippen LogP contribution in [0.1, 0.15) is 23.6 Å². The summed E-state index contributed by atoms with van der Waals surface area (Å²) in [6.45, 7) is 3.03. The maximum Gasteiger partial charge on any atom is 0.325 e. The SMILES string of the molecule is Cc1ccc([C@@]2(C)NC(=O)N(CC(=O)Nc3cc(Cl)ccc3C#N)C2=O)cc1. The number of nitriles is 1. The van der Waals surface area contributed by atoms with E-state index in [1.807, 2.05) is 25.1 Å². The summed E-state index contributed by atoms with van der Waals surface area (Å²) >= 11 is 5.90. The third-order valence-corrected chi connectivity index (χ3v) is 4.82. The Labute approximate surface area is 166 Å². The average molecular weight is 397 g/mol. The molecule has 28 heavy (non-hydrogen) atoms. The first-order valence-electron chi connectivity index (χ1n) is 8.45. The van der Waals surface area contributed by atoms with Gasteiger partial charge in [-0.3, -0.25) is 14.5 Å². The molecule has 0 saturated carbocycles. The van der Waals surface area contributed by atoms with E-state index in [0.29, 0.717) is 10.6 Å². The van der Waals surface area contributed by atoms with Crippen molar-refractivity contribution in [2.24, 2.45) is 0 Å². The summed E-state index contributed by atoms with van der Waals surface area (Å²) in [7, 11) is 0. The van der Waals surface area contributed by atoms with Crippen molar-refractivity contribution in [3.8, 4) is 6.07 Å². The number of urea groups is 1. The van der Waals surface area contributed by atoms with Crippen LogP contribution < -0.4 is 10.6 Å². The van der Waals surface area contributed by atoms with Gasteiger partial charge in [-0.05, 0) is 37.6 Å². The van der Waals surface area contributed by atoms with Crippen molar-refractivity contribution in [3.63, 3.8) is 0 Å². The highest BCUT2D eigenvalue weighted by Crippen LogP contribution is 2.29. The standard InChI is InChI=1S/C20H17ClN4O3/c1-12-3-6-14(7-4-12)20(2)18(27)25(19(28)24-20)11-17(26)23-16-9-15(21)8-5-13(16)10-22/h3-9H,11H2,1-2H3,(H,23,26)(H,24,28)/t20-/m1/s1. The summed E-state index contributed by atoms with van der Waals surface area (Å²) in [5.41, 5.74) is 0.836. The Morgan fingerprint density at radius 3 is 2.57 bits per heavy atom. The summed E-state index contributed by atoms with van der Waals surface area (Å²) in [6, 6.07) is 12.9. The number of carbonyl (C=O) groups is 3. The molecule has 1 saturated heterocycles. The van der Waals surface area contributed by atoms with Crippen LogP contribution in [-0.2, 0) is 15.1 Å². The maximum absolute atomic E-state index is 12.9. The maximum atomic E-state index is 12.9. The molecule has 0 spiro atoms. The first kappa shape index (κ1) is 19.4. The second-order valence-electron chi connectivity index (χ2n) is 6.66. The predicted molar refractivity (Wildman–Crippen MR) is 104 cm³/mol. The first-order valence-corrected chi connectivity index (χ1v) is 8.83. The number of halogens is 1. The Kier molecular flexibility index (Phi) is 5.08. The molecular weight excluding hydrogens is 380 g/mol. The van der Waals surface area contributed by atoms with Gasteiger partial charge in [-0.2, -0.15) is 5.26 Å². The lowest BCUT2D eigenvalue weighted by Gasteiger charge is -2.22. The Morgan fingerprint density at radius 1 is 1.25 bits per heavy atom. The Bertz CT molecular complexity index is 1010. The van der Waals surface area contributed by atoms with E-state index < -0.39 is 29.9 Å². The van der Waals surface area contributed by atoms with Gasteiger partial charge in [-0.1, -0.05) is 41.4 Å². The van der Waals surface area contributed by atoms with Crippen LogP contribution in [0.2, 0.25) is 5.02 Å². The summed E-state index contributed by atoms with van der Waals surface area (Å²) in [4.78, 5) is 38.5. The van der Waals surface area contributed by atoms with Gasteiger partial charge in [-0.15, -0.1) is 0 Å². The Balaban J connectivity index is 1.78. The summed E-state index contributed by atoms with van der Waals surface area (Å²) < 4.78 is 0. The molecule has 1 heterocycles. The minimum absolute atomic E-state index is 0.216. The molecule has 2 N–H and O–H groups in total. The molecule has 2 aromatic rings. The molecular formula is C20H17ClN4O3. The number of amides is 4. The molecule has 2 aromatic carbocycles. The second kappa shape index (κ2) is 7.33. The van der Waals surface area contributed by atoms with Gasteiger partial charge >= 0.3 is 6.03 Å². The van der Waals surface area contributed by atoms with Gasteiger partial charge in [0, 0.05) is 5.02 Å². The van der Waals surface area contributed by atoms with E-state index in [1.54, 1.807) is 19.1 Å². The van der Waals surface area contributed by atoms with Crippen molar-refractivity contribution in [2.45, 2.75) is 19.4 Å². The fourth-order valence-corrected chi connectivity index (χ4v) is 3.15. The van der Waals surface area contributed by atoms with Crippen LogP contribution in [0.25, 0.3) is 0 Å². The summed E-state index contributed by atoms with van der Waals surface area (Å²) in [5, 5.41) is 14.7. The molecule has 0 aliphatic carbocycles. The van der Waals surface area contributed by atoms with E-state index in [-0.39, 0.29) is 11.3 Å². The van der Waals surface area contributed by atoms with Crippen molar-refractivity contribution in [2.75, 3.05) is 11.9 Å². The molecule has 0 aromatic heterocycles. The van der Waals surface area contributed by atoms with Gasteiger partial charge in [0.1, 0.15) is 18.2 Å². The number of hydrogen-bond donors (Lipinski definition) is 2. The Hall–Kier alpha value is -3.37. The highest BCUT2D eigenvalue weighted by atomic mass is 35.5. The molecule has 8 heteroatoms. The number of carbonyl (C=O) groups excluding carboxylic acids is 3. The summed E-state index contributed by atoms with van der Waals surface area (Å²) in [6.07, 6.45) is 0. The van der Waals surface area contributed by atoms with Crippen molar-refractivity contribution in [1.82, 2.24) is 10.2 Å². The minimum atomic E-state index is -1.25. The number of aryl methyl sites for hydroxylation is 1. The van der Waals surface area contributed by atoms with Crippen LogP contribution in [0.5, 0.6) is 0 Å². The Morgan fingerprint density at radius 2 is 1.93 bits per heavy atom. The molecule has 7 nitrogen and oxygen atoms in total. The van der Waals surface area contributed by atoms with Crippen molar-refractivity contribution in [1.29, 1.82) is 5.26 Å². The second-order valence-corrected chi connectivity index (χ2v) is 7.10. The zero-order valence-corrected chi connectivity index (χ0v) is 16.0. The number of benzene rings is 2. The van der Waals surface area contributed by atoms with Gasteiger partial charge in [0.2, 0.25) is 5.91 Å². The number of imide groups is 1. The van der Waals surface area contributed by atoms with Gasteiger partial charge in [0.05, 0.1) is 11.3 Å². The zero-order valence-electron chi connectivity index (χ0n) is 15.2. The lowest BCUT2D eigenvalue weighted by molar-refractivity contribution is -0.133. The van der Waals surface area contributed by atoms with Gasteiger partial charge in [-0.25, -0.2) is 4.79 Å². The topological polar surface area (TPSA) is 102 Å². The molecule has 0 radical (unpaired) electrons. The first-order chi connectivity index (χ1) is 13.2. The third kappa shape index (κ3) is 3.55. The van der Waals surface area contributed by atoms with E-state index >= 15 is 0 Å². The fraction of sp³-hybridized carbons (Fsp3) is 0.200. The number of rotatable bonds is 4. The molecule has 1 aliphatic rings. The molecule has 3 rings (SSSR count). The molecule has 1 atom stereocenters. The highest BCUT2D eigenvalue weighted by molar-refractivity contribution is 6.31. The fourth-order valence-electron chi connectivity index (χ4n) is 2.97. The number of nitrogens with one attached hydrogen (secondary N) is 2. The molecule has 0 bridgehead atoms. The van der Waals surface area contributed by atoms with E-state index in [4.69, 9.17) is 16.9 Å². The summed E-state index contributed by atoms with van der Waals surface area (Å²) in [5.74, 6) is -1.14. The molecule has 4 amide bonds. The van der Waals surface area contributed by atoms with Gasteiger partial charge in [0.25, 0.3) is 5.91 Å². The van der Waals surface area contributed by atoms with Crippen LogP contribution in [0.3, 0.4) is 0 Å². The average Bonchev–Trinajstić information content (AvgIpc) is 2.86. The molecule has 1 aliphatic heterocycles. The predicted octanol–water partition coefficient (Wildman–Crippen LogP) is 2.93. The van der Waals surface area contributed by atoms with E-state index in [0.717, 1.165) is 10.5 Å². The minimum Gasteiger partial charge on any atom is -0.323 e. The van der Waals surface area contributed by atoms with Gasteiger partial charge < -0.3 is 10.6 Å². The van der Waals surface area contributed by atoms with E-state index in [2.05, 4.69) is 10.6 Å². The number of nitrogens with zero attached hydrogens (tertiary/aromatic N) is 2. The van der Waals surface area contributed by atoms with Gasteiger partial charge in [0.15, 0.2) is 0 Å². The van der Waals surface area contributed by atoms with Crippen LogP contribution in [0.4, 0.5) is 10.5 Å². The van der Waals surface area contributed by atoms with E-state index in [1.165, 1.54) is 18.2 Å². The van der Waals surface area contributed by atoms with Crippen molar-refractivity contribution in [3.05, 3.63) is 64.2 Å². The largest absolute Gasteiger partial charge is 0.325 e. The zero-order chi connectivity index (χ0) is 20.5. The molecule has 142 valence electrons. The van der Waals surface area contributed by atoms with Crippen molar-refractivity contribution < 1.29 is 14.4 Å². The molecule has 0 unspecified atom stereocenters. The van der Waals surface area contributed by atoms with Crippen molar-refractivity contribution >= 4 is 35.1 Å². The quantitative estimate of drug-likeness (QED) is 0.775. The smallest absolute Gasteiger partial charge is 0.323 e. The number of anilines is 1. The van der Waals surface area contributed by atoms with Crippen LogP contribution >= 0.6 is 11.6 Å². The molecule has 1 fully saturated rings. The highest BCUT2D eigenvalue weighted by Gasteiger charge is 2.49. The van der Waals surface area contributed by atoms with Crippen LogP contribution in [0.15, 0.2) is 42.5 Å². The monoisotopic (exact) mass is 396 g/mol. The number of hydrogen-bond acceptors (Lipinski definition) is 4. The lowest BCUT2D eigenvalue weighted by atomic mass is 9.91. The normalized spacial score (nSPS) is 18.6. The third-order valence-electron chi connectivity index (χ3n) is 4.58. The lowest BCUT2D eigenvalue weighted by Crippen LogP contribution is -2.42. The van der Waals surface area contributed by atoms with Crippen LogP contribution in [0, 0.1) is 18.3 Å².